The van der Waals surface area contributed by atoms with Crippen molar-refractivity contribution in [2.45, 2.75) is 0 Å². The van der Waals surface area contributed by atoms with Crippen molar-refractivity contribution in [3.05, 3.63) is 72.3 Å². The summed E-state index contributed by atoms with van der Waals surface area (Å²) in [6.45, 7) is 0.233. The van der Waals surface area contributed by atoms with Crippen LogP contribution in [0.4, 0.5) is 5.69 Å². The third-order valence-corrected chi connectivity index (χ3v) is 4.15. The van der Waals surface area contributed by atoms with E-state index in [0.717, 1.165) is 5.52 Å². The lowest BCUT2D eigenvalue weighted by molar-refractivity contribution is 1.29. The summed E-state index contributed by atoms with van der Waals surface area (Å²) in [6.07, 6.45) is 4.19. The van der Waals surface area contributed by atoms with Crippen molar-refractivity contribution < 1.29 is 0 Å². The van der Waals surface area contributed by atoms with E-state index in [4.69, 9.17) is 0 Å². The predicted molar refractivity (Wildman–Crippen MR) is 91.0 cm³/mol. The summed E-state index contributed by atoms with van der Waals surface area (Å²) >= 11 is 0. The molecule has 0 amide bonds. The molecular weight excluding hydrogens is 255 g/mol. The molecule has 2 nitrogen and oxygen atoms in total. The van der Waals surface area contributed by atoms with E-state index in [9.17, 15) is 0 Å². The second-order valence-corrected chi connectivity index (χ2v) is 5.44. The molecule has 0 spiro atoms. The molecule has 3 heteroatoms. The molecular formula is C18H15BN2. The SMILES string of the molecule is CN1B(c2cnc3ccccc3c2)C=Cc2ccccc21. The Hall–Kier alpha value is -2.55. The lowest BCUT2D eigenvalue weighted by Crippen LogP contribution is -2.46. The number of benzene rings is 2. The van der Waals surface area contributed by atoms with Gasteiger partial charge in [-0.05, 0) is 35.6 Å². The van der Waals surface area contributed by atoms with E-state index < -0.39 is 0 Å². The highest BCUT2D eigenvalue weighted by Crippen LogP contribution is 2.25. The fraction of sp³-hybridized carbons (Fsp3) is 0.0556. The molecule has 0 saturated heterocycles. The molecule has 0 saturated carbocycles. The first-order valence-electron chi connectivity index (χ1n) is 7.18. The number of nitrogens with zero attached hydrogens (tertiary/aromatic N) is 2. The maximum Gasteiger partial charge on any atom is 0.317 e. The molecule has 0 fully saturated rings. The van der Waals surface area contributed by atoms with Crippen molar-refractivity contribution >= 4 is 35.0 Å². The van der Waals surface area contributed by atoms with Gasteiger partial charge in [-0.3, -0.25) is 4.98 Å². The number of para-hydroxylation sites is 2. The van der Waals surface area contributed by atoms with Crippen molar-refractivity contribution in [1.29, 1.82) is 0 Å². The molecule has 4 rings (SSSR count). The van der Waals surface area contributed by atoms with Gasteiger partial charge in [0.1, 0.15) is 0 Å². The molecule has 0 unspecified atom stereocenters. The number of fused-ring (bicyclic) bond motifs is 2. The Bertz CT molecular complexity index is 841. The van der Waals surface area contributed by atoms with Crippen LogP contribution in [0.2, 0.25) is 0 Å². The van der Waals surface area contributed by atoms with Gasteiger partial charge >= 0.3 is 6.85 Å². The van der Waals surface area contributed by atoms with E-state index in [1.807, 2.05) is 12.3 Å². The molecule has 0 atom stereocenters. The standard InChI is InChI=1S/C18H15BN2/c1-21-18-9-5-3-6-14(18)10-11-19(21)16-12-15-7-2-4-8-17(15)20-13-16/h2-13H,1H3. The second-order valence-electron chi connectivity index (χ2n) is 5.44. The minimum atomic E-state index is 0.233. The van der Waals surface area contributed by atoms with E-state index in [2.05, 4.69) is 77.4 Å². The molecule has 3 aromatic rings. The van der Waals surface area contributed by atoms with Crippen LogP contribution in [0.25, 0.3) is 17.0 Å². The third kappa shape index (κ3) is 2.02. The third-order valence-electron chi connectivity index (χ3n) is 4.15. The van der Waals surface area contributed by atoms with Crippen LogP contribution in [-0.2, 0) is 0 Å². The summed E-state index contributed by atoms with van der Waals surface area (Å²) in [6, 6.07) is 19.0. The zero-order chi connectivity index (χ0) is 14.2. The first-order valence-corrected chi connectivity index (χ1v) is 7.18. The molecule has 0 bridgehead atoms. The Morgan fingerprint density at radius 3 is 2.76 bits per heavy atom. The van der Waals surface area contributed by atoms with Crippen LogP contribution in [0.5, 0.6) is 0 Å². The fourth-order valence-electron chi connectivity index (χ4n) is 3.01. The summed E-state index contributed by atoms with van der Waals surface area (Å²) in [5.41, 5.74) is 4.80. The van der Waals surface area contributed by atoms with E-state index in [1.165, 1.54) is 22.1 Å². The highest BCUT2D eigenvalue weighted by molar-refractivity contribution is 6.82. The van der Waals surface area contributed by atoms with E-state index in [-0.39, 0.29) is 6.85 Å². The van der Waals surface area contributed by atoms with Crippen LogP contribution in [0.3, 0.4) is 0 Å². The summed E-state index contributed by atoms with van der Waals surface area (Å²) in [4.78, 5) is 6.89. The summed E-state index contributed by atoms with van der Waals surface area (Å²) in [5.74, 6) is 2.24. The van der Waals surface area contributed by atoms with Gasteiger partial charge in [0.15, 0.2) is 0 Å². The van der Waals surface area contributed by atoms with Gasteiger partial charge in [-0.15, -0.1) is 0 Å². The number of aromatic nitrogens is 1. The minimum Gasteiger partial charge on any atom is -0.409 e. The molecule has 21 heavy (non-hydrogen) atoms. The molecule has 1 aromatic heterocycles. The predicted octanol–water partition coefficient (Wildman–Crippen LogP) is 3.14. The van der Waals surface area contributed by atoms with Gasteiger partial charge in [0, 0.05) is 11.9 Å². The zero-order valence-electron chi connectivity index (χ0n) is 11.9. The summed E-state index contributed by atoms with van der Waals surface area (Å²) < 4.78 is 0. The Balaban J connectivity index is 1.79. The summed E-state index contributed by atoms with van der Waals surface area (Å²) in [7, 11) is 2.14. The van der Waals surface area contributed by atoms with Crippen LogP contribution in [0.15, 0.2) is 66.8 Å². The van der Waals surface area contributed by atoms with Crippen LogP contribution in [-0.4, -0.2) is 18.9 Å². The number of hydrogen-bond acceptors (Lipinski definition) is 2. The van der Waals surface area contributed by atoms with Gasteiger partial charge in [0.25, 0.3) is 0 Å². The Labute approximate surface area is 124 Å². The van der Waals surface area contributed by atoms with Crippen LogP contribution < -0.4 is 10.3 Å². The average molecular weight is 270 g/mol. The fourth-order valence-corrected chi connectivity index (χ4v) is 3.01. The van der Waals surface area contributed by atoms with Crippen molar-refractivity contribution in [1.82, 2.24) is 4.98 Å². The smallest absolute Gasteiger partial charge is 0.317 e. The van der Waals surface area contributed by atoms with Crippen LogP contribution >= 0.6 is 0 Å². The Morgan fingerprint density at radius 2 is 1.81 bits per heavy atom. The maximum absolute atomic E-state index is 4.59. The average Bonchev–Trinajstić information content (AvgIpc) is 2.55. The van der Waals surface area contributed by atoms with E-state index in [1.54, 1.807) is 0 Å². The number of pyridine rings is 1. The van der Waals surface area contributed by atoms with E-state index >= 15 is 0 Å². The minimum absolute atomic E-state index is 0.233. The molecule has 0 aliphatic carbocycles. The van der Waals surface area contributed by atoms with Crippen LogP contribution in [0, 0.1) is 0 Å². The lowest BCUT2D eigenvalue weighted by atomic mass is 9.53. The first kappa shape index (κ1) is 12.2. The monoisotopic (exact) mass is 270 g/mol. The van der Waals surface area contributed by atoms with Crippen LogP contribution in [0.1, 0.15) is 5.56 Å². The van der Waals surface area contributed by atoms with Gasteiger partial charge in [-0.25, -0.2) is 0 Å². The Morgan fingerprint density at radius 1 is 1.00 bits per heavy atom. The molecule has 2 aromatic carbocycles. The van der Waals surface area contributed by atoms with Gasteiger partial charge in [-0.1, -0.05) is 54.5 Å². The molecule has 1 aliphatic rings. The van der Waals surface area contributed by atoms with Gasteiger partial charge in [0.05, 0.1) is 5.52 Å². The zero-order valence-corrected chi connectivity index (χ0v) is 11.9. The largest absolute Gasteiger partial charge is 0.409 e. The molecule has 100 valence electrons. The number of rotatable bonds is 1. The van der Waals surface area contributed by atoms with Crippen molar-refractivity contribution in [2.75, 3.05) is 11.9 Å². The lowest BCUT2D eigenvalue weighted by Gasteiger charge is -2.30. The topological polar surface area (TPSA) is 16.1 Å². The van der Waals surface area contributed by atoms with Crippen molar-refractivity contribution in [3.63, 3.8) is 0 Å². The highest BCUT2D eigenvalue weighted by Gasteiger charge is 2.25. The van der Waals surface area contributed by atoms with Gasteiger partial charge in [0.2, 0.25) is 0 Å². The normalized spacial score (nSPS) is 13.6. The first-order chi connectivity index (χ1) is 10.3. The van der Waals surface area contributed by atoms with Gasteiger partial charge < -0.3 is 4.81 Å². The molecule has 0 radical (unpaired) electrons. The number of anilines is 1. The number of hydrogen-bond donors (Lipinski definition) is 0. The van der Waals surface area contributed by atoms with Crippen molar-refractivity contribution in [2.24, 2.45) is 0 Å². The Kier molecular flexibility index (Phi) is 2.78. The van der Waals surface area contributed by atoms with Crippen molar-refractivity contribution in [3.8, 4) is 0 Å². The highest BCUT2D eigenvalue weighted by atomic mass is 15.0. The maximum atomic E-state index is 4.59. The van der Waals surface area contributed by atoms with Gasteiger partial charge in [-0.2, -0.15) is 0 Å². The molecule has 2 heterocycles. The summed E-state index contributed by atoms with van der Waals surface area (Å²) in [5, 5.41) is 1.19. The molecule has 0 N–H and O–H groups in total. The second kappa shape index (κ2) is 4.78. The van der Waals surface area contributed by atoms with E-state index in [0.29, 0.717) is 0 Å². The quantitative estimate of drug-likeness (QED) is 0.631. The molecule has 1 aliphatic heterocycles.